The predicted octanol–water partition coefficient (Wildman–Crippen LogP) is 2.45. The first-order valence-electron chi connectivity index (χ1n) is 6.80. The molecule has 2 heterocycles. The summed E-state index contributed by atoms with van der Waals surface area (Å²) in [6.07, 6.45) is -2.78. The molecular weight excluding hydrogens is 377 g/mol. The van der Waals surface area contributed by atoms with Crippen LogP contribution in [0.15, 0.2) is 57.1 Å². The molecule has 2 aromatic heterocycles. The van der Waals surface area contributed by atoms with Crippen LogP contribution in [-0.2, 0) is 9.84 Å². The van der Waals surface area contributed by atoms with Crippen molar-refractivity contribution in [1.82, 2.24) is 15.2 Å². The van der Waals surface area contributed by atoms with E-state index < -0.39 is 21.9 Å². The maximum atomic E-state index is 12.6. The number of sulfone groups is 1. The molecule has 0 spiro atoms. The van der Waals surface area contributed by atoms with Crippen LogP contribution in [0, 0.1) is 0 Å². The summed E-state index contributed by atoms with van der Waals surface area (Å²) in [5.41, 5.74) is 5.87. The first-order chi connectivity index (χ1) is 12.2. The first kappa shape index (κ1) is 17.7. The van der Waals surface area contributed by atoms with Crippen LogP contribution in [0.2, 0.25) is 0 Å². The largest absolute Gasteiger partial charge is 0.573 e. The summed E-state index contributed by atoms with van der Waals surface area (Å²) < 4.78 is 70.3. The first-order valence-corrected chi connectivity index (χ1v) is 8.28. The van der Waals surface area contributed by atoms with Gasteiger partial charge >= 0.3 is 6.36 Å². The Morgan fingerprint density at radius 3 is 2.35 bits per heavy atom. The van der Waals surface area contributed by atoms with Crippen LogP contribution in [0.5, 0.6) is 5.75 Å². The van der Waals surface area contributed by atoms with Crippen LogP contribution in [0.3, 0.4) is 0 Å². The zero-order valence-corrected chi connectivity index (χ0v) is 13.5. The van der Waals surface area contributed by atoms with E-state index in [1.807, 2.05) is 0 Å². The van der Waals surface area contributed by atoms with Gasteiger partial charge in [-0.15, -0.1) is 23.4 Å². The highest BCUT2D eigenvalue weighted by atomic mass is 32.2. The van der Waals surface area contributed by atoms with Gasteiger partial charge in [0.25, 0.3) is 5.89 Å². The van der Waals surface area contributed by atoms with Crippen LogP contribution >= 0.6 is 0 Å². The molecule has 0 aliphatic carbocycles. The number of nitrogen functional groups attached to an aromatic ring is 1. The van der Waals surface area contributed by atoms with Gasteiger partial charge < -0.3 is 14.9 Å². The van der Waals surface area contributed by atoms with Gasteiger partial charge in [0.05, 0.1) is 15.5 Å². The van der Waals surface area contributed by atoms with Crippen molar-refractivity contribution < 1.29 is 30.7 Å². The minimum Gasteiger partial charge on any atom is -0.422 e. The summed E-state index contributed by atoms with van der Waals surface area (Å²) in [5.74, 6) is -0.527. The van der Waals surface area contributed by atoms with Crippen molar-refractivity contribution in [3.8, 4) is 17.3 Å². The predicted molar refractivity (Wildman–Crippen MR) is 80.5 cm³/mol. The molecule has 136 valence electrons. The summed E-state index contributed by atoms with van der Waals surface area (Å²) >= 11 is 0. The third kappa shape index (κ3) is 3.59. The minimum absolute atomic E-state index is 0.0140. The van der Waals surface area contributed by atoms with Crippen LogP contribution in [0.25, 0.3) is 11.6 Å². The van der Waals surface area contributed by atoms with Crippen molar-refractivity contribution in [2.45, 2.75) is 16.2 Å². The fourth-order valence-corrected chi connectivity index (χ4v) is 3.26. The van der Waals surface area contributed by atoms with Gasteiger partial charge in [-0.05, 0) is 30.3 Å². The van der Waals surface area contributed by atoms with E-state index in [4.69, 9.17) is 10.2 Å². The van der Waals surface area contributed by atoms with E-state index in [1.165, 1.54) is 0 Å². The number of hydrogen-bond acceptors (Lipinski definition) is 8. The number of nitrogens with zero attached hydrogens (tertiary/aromatic N) is 3. The lowest BCUT2D eigenvalue weighted by atomic mass is 10.3. The molecule has 0 amide bonds. The molecule has 3 rings (SSSR count). The van der Waals surface area contributed by atoms with E-state index in [-0.39, 0.29) is 27.1 Å². The van der Waals surface area contributed by atoms with Gasteiger partial charge in [-0.25, -0.2) is 13.4 Å². The second kappa shape index (κ2) is 6.29. The van der Waals surface area contributed by atoms with Gasteiger partial charge in [0.1, 0.15) is 5.75 Å². The Labute approximate surface area is 144 Å². The number of nitrogens with two attached hydrogens (primary N) is 1. The molecule has 0 radical (unpaired) electrons. The molecule has 0 aliphatic rings. The number of benzene rings is 1. The number of anilines is 1. The molecule has 0 unspecified atom stereocenters. The minimum atomic E-state index is -4.87. The second-order valence-electron chi connectivity index (χ2n) is 4.88. The Morgan fingerprint density at radius 2 is 1.81 bits per heavy atom. The number of pyridine rings is 1. The van der Waals surface area contributed by atoms with Crippen LogP contribution in [0.4, 0.5) is 18.9 Å². The van der Waals surface area contributed by atoms with Crippen LogP contribution < -0.4 is 10.5 Å². The van der Waals surface area contributed by atoms with Gasteiger partial charge in [0, 0.05) is 6.20 Å². The van der Waals surface area contributed by atoms with E-state index in [9.17, 15) is 21.6 Å². The molecule has 0 saturated carbocycles. The van der Waals surface area contributed by atoms with Gasteiger partial charge in [0.15, 0.2) is 5.69 Å². The van der Waals surface area contributed by atoms with Crippen molar-refractivity contribution in [1.29, 1.82) is 0 Å². The number of aromatic nitrogens is 3. The normalized spacial score (nSPS) is 12.1. The lowest BCUT2D eigenvalue weighted by Gasteiger charge is -2.10. The summed E-state index contributed by atoms with van der Waals surface area (Å²) in [6.45, 7) is 0. The Hall–Kier alpha value is -3.15. The third-order valence-corrected chi connectivity index (χ3v) is 4.87. The zero-order valence-electron chi connectivity index (χ0n) is 12.6. The SMILES string of the molecule is Nc1cc(S(=O)(=O)c2ccc(OC(F)(F)F)cc2)cnc1-c1nnco1. The molecule has 1 aromatic carbocycles. The van der Waals surface area contributed by atoms with Crippen molar-refractivity contribution in [3.05, 3.63) is 42.9 Å². The van der Waals surface area contributed by atoms with Gasteiger partial charge in [-0.1, -0.05) is 0 Å². The molecule has 12 heteroatoms. The molecule has 0 aliphatic heterocycles. The van der Waals surface area contributed by atoms with E-state index in [2.05, 4.69) is 19.9 Å². The fraction of sp³-hybridized carbons (Fsp3) is 0.0714. The molecule has 0 atom stereocenters. The summed E-state index contributed by atoms with van der Waals surface area (Å²) in [5, 5.41) is 7.09. The molecule has 2 N–H and O–H groups in total. The maximum Gasteiger partial charge on any atom is 0.573 e. The summed E-state index contributed by atoms with van der Waals surface area (Å²) in [6, 6.07) is 4.90. The van der Waals surface area contributed by atoms with E-state index in [0.717, 1.165) is 42.9 Å². The van der Waals surface area contributed by atoms with E-state index in [1.54, 1.807) is 0 Å². The van der Waals surface area contributed by atoms with Crippen LogP contribution in [0.1, 0.15) is 0 Å². The molecule has 3 aromatic rings. The van der Waals surface area contributed by atoms with Crippen LogP contribution in [-0.4, -0.2) is 30.0 Å². The number of hydrogen-bond donors (Lipinski definition) is 1. The maximum absolute atomic E-state index is 12.6. The number of halogens is 3. The Balaban J connectivity index is 1.92. The summed E-state index contributed by atoms with van der Waals surface area (Å²) in [4.78, 5) is 3.41. The number of alkyl halides is 3. The second-order valence-corrected chi connectivity index (χ2v) is 6.83. The lowest BCUT2D eigenvalue weighted by molar-refractivity contribution is -0.274. The van der Waals surface area contributed by atoms with Crippen molar-refractivity contribution in [2.75, 3.05) is 5.73 Å². The average molecular weight is 386 g/mol. The smallest absolute Gasteiger partial charge is 0.422 e. The quantitative estimate of drug-likeness (QED) is 0.726. The molecule has 8 nitrogen and oxygen atoms in total. The topological polar surface area (TPSA) is 121 Å². The third-order valence-electron chi connectivity index (χ3n) is 3.13. The Morgan fingerprint density at radius 1 is 1.12 bits per heavy atom. The standard InChI is InChI=1S/C14H9F3N4O4S/c15-14(16,17)25-8-1-3-9(4-2-8)26(22,23)10-5-11(18)12(19-6-10)13-21-20-7-24-13/h1-7H,18H2. The highest BCUT2D eigenvalue weighted by molar-refractivity contribution is 7.91. The fourth-order valence-electron chi connectivity index (χ4n) is 2.02. The lowest BCUT2D eigenvalue weighted by Crippen LogP contribution is -2.17. The Bertz CT molecular complexity index is 1020. The van der Waals surface area contributed by atoms with Gasteiger partial charge in [-0.3, -0.25) is 0 Å². The van der Waals surface area contributed by atoms with Crippen molar-refractivity contribution in [3.63, 3.8) is 0 Å². The molecule has 0 bridgehead atoms. The van der Waals surface area contributed by atoms with E-state index >= 15 is 0 Å². The molecule has 26 heavy (non-hydrogen) atoms. The zero-order chi connectivity index (χ0) is 18.9. The van der Waals surface area contributed by atoms with Crippen molar-refractivity contribution in [2.24, 2.45) is 0 Å². The van der Waals surface area contributed by atoms with Gasteiger partial charge in [0.2, 0.25) is 16.2 Å². The molecule has 0 fully saturated rings. The van der Waals surface area contributed by atoms with Crippen molar-refractivity contribution >= 4 is 15.5 Å². The van der Waals surface area contributed by atoms with Gasteiger partial charge in [-0.2, -0.15) is 0 Å². The molecular formula is C14H9F3N4O4S. The molecule has 0 saturated heterocycles. The van der Waals surface area contributed by atoms with E-state index in [0.29, 0.717) is 0 Å². The summed E-state index contributed by atoms with van der Waals surface area (Å²) in [7, 11) is -4.05. The monoisotopic (exact) mass is 386 g/mol. The Kier molecular flexibility index (Phi) is 4.28. The average Bonchev–Trinajstić information content (AvgIpc) is 3.08. The number of rotatable bonds is 4. The highest BCUT2D eigenvalue weighted by Gasteiger charge is 2.31. The number of ether oxygens (including phenoxy) is 1. The highest BCUT2D eigenvalue weighted by Crippen LogP contribution is 2.29.